The Bertz CT molecular complexity index is 1520. The molecule has 1 aliphatic carbocycles. The van der Waals surface area contributed by atoms with Crippen molar-refractivity contribution in [2.75, 3.05) is 18.9 Å². The molecular weight excluding hydrogens is 528 g/mol. The Labute approximate surface area is 226 Å². The normalized spacial score (nSPS) is 19.2. The highest BCUT2D eigenvalue weighted by molar-refractivity contribution is 7.13. The van der Waals surface area contributed by atoms with E-state index in [0.29, 0.717) is 40.6 Å². The molecule has 4 aromatic rings. The molecule has 0 spiro atoms. The standard InChI is InChI=1S/C26H25F2N7O3S/c1-34-10-8-26(37,24(34)36)16-4-2-3-15(11-16)23-30-20(14-39-23)18-7-9-29-25(31-18)32-19-12-35(13-21(27)28)33-22(19)38-17-5-6-17/h2-4,7,9,11-12,14,17,21,37H,5-6,8,10,13H2,1H3,(H,29,31,32). The molecule has 0 radical (unpaired) electrons. The van der Waals surface area contributed by atoms with E-state index in [-0.39, 0.29) is 23.8 Å². The summed E-state index contributed by atoms with van der Waals surface area (Å²) in [6.45, 7) is -0.0546. The summed E-state index contributed by atoms with van der Waals surface area (Å²) in [5.41, 5.74) is 1.35. The molecule has 0 bridgehead atoms. The number of thiazole rings is 1. The second-order valence-electron chi connectivity index (χ2n) is 9.62. The van der Waals surface area contributed by atoms with Crippen LogP contribution in [0.5, 0.6) is 5.88 Å². The van der Waals surface area contributed by atoms with Crippen LogP contribution in [0.1, 0.15) is 24.8 Å². The van der Waals surface area contributed by atoms with Crippen molar-refractivity contribution in [3.05, 3.63) is 53.7 Å². The van der Waals surface area contributed by atoms with Gasteiger partial charge in [-0.05, 0) is 30.5 Å². The van der Waals surface area contributed by atoms with Gasteiger partial charge in [0.25, 0.3) is 18.2 Å². The molecule has 6 rings (SSSR count). The fourth-order valence-corrected chi connectivity index (χ4v) is 5.20. The lowest BCUT2D eigenvalue weighted by molar-refractivity contribution is -0.143. The van der Waals surface area contributed by atoms with Crippen molar-refractivity contribution < 1.29 is 23.4 Å². The fraction of sp³-hybridized carbons (Fsp3) is 0.346. The fourth-order valence-electron chi connectivity index (χ4n) is 4.39. The lowest BCUT2D eigenvalue weighted by atomic mass is 9.91. The van der Waals surface area contributed by atoms with E-state index >= 15 is 0 Å². The first-order valence-electron chi connectivity index (χ1n) is 12.5. The molecule has 1 atom stereocenters. The summed E-state index contributed by atoms with van der Waals surface area (Å²) in [4.78, 5) is 27.6. The van der Waals surface area contributed by atoms with Crippen LogP contribution in [-0.4, -0.2) is 66.8 Å². The third-order valence-electron chi connectivity index (χ3n) is 6.62. The highest BCUT2D eigenvalue weighted by atomic mass is 32.1. The number of nitrogens with one attached hydrogen (secondary N) is 1. The van der Waals surface area contributed by atoms with Gasteiger partial charge in [-0.3, -0.25) is 9.48 Å². The van der Waals surface area contributed by atoms with Gasteiger partial charge in [-0.2, -0.15) is 0 Å². The molecule has 39 heavy (non-hydrogen) atoms. The zero-order valence-corrected chi connectivity index (χ0v) is 21.7. The van der Waals surface area contributed by atoms with Crippen molar-refractivity contribution >= 4 is 28.9 Å². The highest BCUT2D eigenvalue weighted by Crippen LogP contribution is 2.36. The van der Waals surface area contributed by atoms with Gasteiger partial charge in [0.2, 0.25) is 5.95 Å². The van der Waals surface area contributed by atoms with Gasteiger partial charge in [0, 0.05) is 37.2 Å². The monoisotopic (exact) mass is 553 g/mol. The van der Waals surface area contributed by atoms with Crippen molar-refractivity contribution in [3.63, 3.8) is 0 Å². The number of anilines is 2. The largest absolute Gasteiger partial charge is 0.472 e. The number of aromatic nitrogens is 5. The van der Waals surface area contributed by atoms with Gasteiger partial charge in [-0.25, -0.2) is 23.7 Å². The molecule has 1 saturated heterocycles. The zero-order valence-electron chi connectivity index (χ0n) is 20.9. The number of benzene rings is 1. The smallest absolute Gasteiger partial charge is 0.258 e. The molecule has 1 unspecified atom stereocenters. The number of likely N-dealkylation sites (N-methyl/N-ethyl adjacent to an activating group) is 1. The van der Waals surface area contributed by atoms with Gasteiger partial charge in [-0.1, -0.05) is 18.2 Å². The molecule has 202 valence electrons. The van der Waals surface area contributed by atoms with E-state index in [4.69, 9.17) is 9.72 Å². The summed E-state index contributed by atoms with van der Waals surface area (Å²) in [5.74, 6) is 0.162. The van der Waals surface area contributed by atoms with E-state index in [1.807, 2.05) is 11.4 Å². The molecule has 1 saturated carbocycles. The summed E-state index contributed by atoms with van der Waals surface area (Å²) in [6, 6.07) is 8.95. The van der Waals surface area contributed by atoms with E-state index in [0.717, 1.165) is 23.1 Å². The number of hydrogen-bond donors (Lipinski definition) is 2. The maximum atomic E-state index is 12.9. The van der Waals surface area contributed by atoms with Crippen molar-refractivity contribution in [1.82, 2.24) is 29.6 Å². The molecule has 2 aliphatic rings. The number of alkyl halides is 2. The number of halogens is 2. The van der Waals surface area contributed by atoms with Crippen LogP contribution in [0.4, 0.5) is 20.4 Å². The zero-order chi connectivity index (χ0) is 27.1. The van der Waals surface area contributed by atoms with Gasteiger partial charge in [0.15, 0.2) is 5.60 Å². The average Bonchev–Trinajstić information content (AvgIpc) is 3.35. The summed E-state index contributed by atoms with van der Waals surface area (Å²) in [7, 11) is 1.68. The van der Waals surface area contributed by atoms with E-state index in [2.05, 4.69) is 20.4 Å². The number of rotatable bonds is 9. The van der Waals surface area contributed by atoms with Gasteiger partial charge >= 0.3 is 0 Å². The number of nitrogens with zero attached hydrogens (tertiary/aromatic N) is 6. The quantitative estimate of drug-likeness (QED) is 0.319. The first-order chi connectivity index (χ1) is 18.8. The number of carbonyl (C=O) groups is 1. The van der Waals surface area contributed by atoms with Crippen LogP contribution in [0.2, 0.25) is 0 Å². The topological polar surface area (TPSA) is 118 Å². The van der Waals surface area contributed by atoms with Crippen LogP contribution >= 0.6 is 11.3 Å². The van der Waals surface area contributed by atoms with Crippen LogP contribution in [0.25, 0.3) is 22.0 Å². The van der Waals surface area contributed by atoms with Gasteiger partial charge in [0.05, 0.1) is 11.9 Å². The van der Waals surface area contributed by atoms with Crippen LogP contribution in [0.15, 0.2) is 48.1 Å². The third kappa shape index (κ3) is 5.19. The Morgan fingerprint density at radius 3 is 2.85 bits per heavy atom. The molecule has 2 fully saturated rings. The number of amides is 1. The lowest BCUT2D eigenvalue weighted by Crippen LogP contribution is -2.36. The predicted octanol–water partition coefficient (Wildman–Crippen LogP) is 4.06. The average molecular weight is 554 g/mol. The first kappa shape index (κ1) is 25.3. The van der Waals surface area contributed by atoms with Gasteiger partial charge in [-0.15, -0.1) is 16.4 Å². The van der Waals surface area contributed by atoms with E-state index < -0.39 is 18.6 Å². The maximum Gasteiger partial charge on any atom is 0.258 e. The Hall–Kier alpha value is -3.97. The minimum atomic E-state index is -2.55. The van der Waals surface area contributed by atoms with Crippen molar-refractivity contribution in [1.29, 1.82) is 0 Å². The lowest BCUT2D eigenvalue weighted by Gasteiger charge is -2.21. The Morgan fingerprint density at radius 1 is 1.26 bits per heavy atom. The minimum absolute atomic E-state index is 0.0352. The molecular formula is C26H25F2N7O3S. The summed E-state index contributed by atoms with van der Waals surface area (Å²) in [5, 5.41) is 20.8. The molecule has 13 heteroatoms. The van der Waals surface area contributed by atoms with Gasteiger partial charge in [0.1, 0.15) is 29.0 Å². The number of ether oxygens (including phenoxy) is 1. The molecule has 4 heterocycles. The summed E-state index contributed by atoms with van der Waals surface area (Å²) >= 11 is 1.41. The Morgan fingerprint density at radius 2 is 2.10 bits per heavy atom. The van der Waals surface area contributed by atoms with E-state index in [9.17, 15) is 18.7 Å². The van der Waals surface area contributed by atoms with Crippen molar-refractivity contribution in [2.24, 2.45) is 0 Å². The van der Waals surface area contributed by atoms with Crippen LogP contribution in [-0.2, 0) is 16.9 Å². The van der Waals surface area contributed by atoms with E-state index in [1.165, 1.54) is 22.4 Å². The summed E-state index contributed by atoms with van der Waals surface area (Å²) < 4.78 is 32.7. The van der Waals surface area contributed by atoms with Crippen LogP contribution in [0, 0.1) is 0 Å². The Balaban J connectivity index is 1.23. The third-order valence-corrected chi connectivity index (χ3v) is 7.51. The van der Waals surface area contributed by atoms with Crippen LogP contribution < -0.4 is 10.1 Å². The Kier molecular flexibility index (Phi) is 6.47. The molecule has 3 aromatic heterocycles. The van der Waals surface area contributed by atoms with Crippen molar-refractivity contribution in [2.45, 2.75) is 43.9 Å². The number of carbonyl (C=O) groups excluding carboxylic acids is 1. The molecule has 1 aromatic carbocycles. The van der Waals surface area contributed by atoms with E-state index in [1.54, 1.807) is 37.5 Å². The maximum absolute atomic E-state index is 12.9. The van der Waals surface area contributed by atoms with Gasteiger partial charge < -0.3 is 20.1 Å². The minimum Gasteiger partial charge on any atom is -0.472 e. The number of aliphatic hydroxyl groups is 1. The molecule has 1 amide bonds. The molecule has 1 aliphatic heterocycles. The summed E-state index contributed by atoms with van der Waals surface area (Å²) in [6.07, 6.45) is 2.65. The first-order valence-corrected chi connectivity index (χ1v) is 13.3. The predicted molar refractivity (Wildman–Crippen MR) is 140 cm³/mol. The number of likely N-dealkylation sites (tertiary alicyclic amines) is 1. The molecule has 2 N–H and O–H groups in total. The SMILES string of the molecule is CN1CCC(O)(c2cccc(-c3nc(-c4ccnc(Nc5cn(CC(F)F)nc5OC5CC5)n4)cs3)c2)C1=O. The second kappa shape index (κ2) is 9.97. The number of hydrogen-bond acceptors (Lipinski definition) is 9. The highest BCUT2D eigenvalue weighted by Gasteiger charge is 2.45. The van der Waals surface area contributed by atoms with Crippen LogP contribution in [0.3, 0.4) is 0 Å². The molecule has 10 nitrogen and oxygen atoms in total. The second-order valence-corrected chi connectivity index (χ2v) is 10.5. The van der Waals surface area contributed by atoms with Crippen molar-refractivity contribution in [3.8, 4) is 27.8 Å².